The molecule has 2 amide bonds. The fraction of sp³-hybridized carbons (Fsp3) is 0.200. The molecule has 0 spiro atoms. The monoisotopic (exact) mass is 320 g/mol. The van der Waals surface area contributed by atoms with E-state index in [4.69, 9.17) is 9.47 Å². The minimum atomic E-state index is -0.459. The average Bonchev–Trinajstić information content (AvgIpc) is 2.98. The summed E-state index contributed by atoms with van der Waals surface area (Å²) in [6.45, 7) is 1.91. The van der Waals surface area contributed by atoms with Gasteiger partial charge in [0.25, 0.3) is 11.8 Å². The van der Waals surface area contributed by atoms with Crippen molar-refractivity contribution in [2.75, 3.05) is 14.2 Å². The second-order valence-electron chi connectivity index (χ2n) is 4.42. The number of hydrogen-bond acceptors (Lipinski definition) is 5. The molecule has 2 rings (SSSR count). The van der Waals surface area contributed by atoms with Gasteiger partial charge in [-0.15, -0.1) is 11.3 Å². The van der Waals surface area contributed by atoms with Gasteiger partial charge in [-0.3, -0.25) is 20.4 Å². The number of amides is 2. The first-order valence-electron chi connectivity index (χ1n) is 6.43. The van der Waals surface area contributed by atoms with E-state index >= 15 is 0 Å². The first-order chi connectivity index (χ1) is 10.5. The van der Waals surface area contributed by atoms with Crippen LogP contribution >= 0.6 is 11.3 Å². The van der Waals surface area contributed by atoms with Crippen molar-refractivity contribution in [1.29, 1.82) is 0 Å². The van der Waals surface area contributed by atoms with Gasteiger partial charge in [0.2, 0.25) is 0 Å². The normalized spacial score (nSPS) is 9.95. The van der Waals surface area contributed by atoms with Gasteiger partial charge in [0.05, 0.1) is 19.1 Å². The summed E-state index contributed by atoms with van der Waals surface area (Å²) in [7, 11) is 2.99. The van der Waals surface area contributed by atoms with Crippen LogP contribution < -0.4 is 20.3 Å². The molecule has 0 aliphatic heterocycles. The summed E-state index contributed by atoms with van der Waals surface area (Å²) < 4.78 is 10.2. The van der Waals surface area contributed by atoms with Gasteiger partial charge in [-0.2, -0.15) is 0 Å². The molecule has 0 saturated heterocycles. The van der Waals surface area contributed by atoms with Crippen molar-refractivity contribution in [3.63, 3.8) is 0 Å². The number of hydrazine groups is 1. The van der Waals surface area contributed by atoms with E-state index in [1.807, 2.05) is 13.0 Å². The molecule has 0 fully saturated rings. The van der Waals surface area contributed by atoms with Crippen LogP contribution in [0.5, 0.6) is 11.5 Å². The summed E-state index contributed by atoms with van der Waals surface area (Å²) in [5, 5.41) is 0. The maximum atomic E-state index is 12.1. The van der Waals surface area contributed by atoms with Crippen molar-refractivity contribution >= 4 is 23.2 Å². The Labute approximate surface area is 132 Å². The van der Waals surface area contributed by atoms with E-state index < -0.39 is 5.91 Å². The molecule has 1 heterocycles. The third-order valence-electron chi connectivity index (χ3n) is 2.87. The number of carbonyl (C=O) groups is 2. The summed E-state index contributed by atoms with van der Waals surface area (Å²) in [5.74, 6) is 0.162. The second kappa shape index (κ2) is 6.95. The van der Waals surface area contributed by atoms with Gasteiger partial charge in [0.15, 0.2) is 0 Å². The summed E-state index contributed by atoms with van der Waals surface area (Å²) >= 11 is 1.35. The molecule has 0 aliphatic rings. The number of carbonyl (C=O) groups excluding carboxylic acids is 2. The van der Waals surface area contributed by atoms with Gasteiger partial charge in [-0.25, -0.2) is 0 Å². The zero-order chi connectivity index (χ0) is 16.1. The van der Waals surface area contributed by atoms with Crippen molar-refractivity contribution in [2.24, 2.45) is 0 Å². The van der Waals surface area contributed by atoms with Crippen LogP contribution in [0.25, 0.3) is 0 Å². The third-order valence-corrected chi connectivity index (χ3v) is 3.87. The van der Waals surface area contributed by atoms with Gasteiger partial charge in [0, 0.05) is 16.5 Å². The maximum absolute atomic E-state index is 12.1. The number of methoxy groups -OCH3 is 2. The van der Waals surface area contributed by atoms with Crippen molar-refractivity contribution in [3.05, 3.63) is 45.6 Å². The van der Waals surface area contributed by atoms with Crippen LogP contribution in [0.3, 0.4) is 0 Å². The Morgan fingerprint density at radius 3 is 2.05 bits per heavy atom. The van der Waals surface area contributed by atoms with Crippen molar-refractivity contribution in [3.8, 4) is 11.5 Å². The Bertz CT molecular complexity index is 674. The maximum Gasteiger partial charge on any atom is 0.279 e. The van der Waals surface area contributed by atoms with Crippen LogP contribution in [0.15, 0.2) is 30.3 Å². The molecule has 0 unspecified atom stereocenters. The molecule has 116 valence electrons. The third kappa shape index (κ3) is 3.76. The van der Waals surface area contributed by atoms with E-state index in [2.05, 4.69) is 10.9 Å². The van der Waals surface area contributed by atoms with Gasteiger partial charge in [-0.05, 0) is 31.2 Å². The molecule has 0 aliphatic carbocycles. The van der Waals surface area contributed by atoms with Gasteiger partial charge in [0.1, 0.15) is 11.5 Å². The lowest BCUT2D eigenvalue weighted by molar-refractivity contribution is 0.0848. The lowest BCUT2D eigenvalue weighted by Crippen LogP contribution is -2.41. The van der Waals surface area contributed by atoms with E-state index in [9.17, 15) is 9.59 Å². The predicted molar refractivity (Wildman–Crippen MR) is 83.5 cm³/mol. The molecule has 1 aromatic carbocycles. The number of rotatable bonds is 4. The Kier molecular flexibility index (Phi) is 5.00. The van der Waals surface area contributed by atoms with E-state index in [0.29, 0.717) is 21.9 Å². The molecule has 1 aromatic heterocycles. The van der Waals surface area contributed by atoms with Gasteiger partial charge in [-0.1, -0.05) is 0 Å². The summed E-state index contributed by atoms with van der Waals surface area (Å²) in [6, 6.07) is 8.31. The molecular weight excluding hydrogens is 304 g/mol. The predicted octanol–water partition coefficient (Wildman–Crippen LogP) is 2.15. The van der Waals surface area contributed by atoms with Crippen molar-refractivity contribution < 1.29 is 19.1 Å². The molecule has 0 radical (unpaired) electrons. The highest BCUT2D eigenvalue weighted by molar-refractivity contribution is 7.13. The molecule has 6 nitrogen and oxygen atoms in total. The standard InChI is InChI=1S/C15H16N2O4S/c1-9-4-5-13(22-9)15(19)17-16-14(18)10-6-11(20-2)8-12(7-10)21-3/h4-8H,1-3H3,(H,16,18)(H,17,19). The SMILES string of the molecule is COc1cc(OC)cc(C(=O)NNC(=O)c2ccc(C)s2)c1. The van der Waals surface area contributed by atoms with Gasteiger partial charge < -0.3 is 9.47 Å². The van der Waals surface area contributed by atoms with Gasteiger partial charge >= 0.3 is 0 Å². The molecule has 0 atom stereocenters. The highest BCUT2D eigenvalue weighted by Crippen LogP contribution is 2.22. The topological polar surface area (TPSA) is 76.7 Å². The van der Waals surface area contributed by atoms with Crippen molar-refractivity contribution in [1.82, 2.24) is 10.9 Å². The van der Waals surface area contributed by atoms with Crippen LogP contribution in [-0.2, 0) is 0 Å². The summed E-state index contributed by atoms with van der Waals surface area (Å²) in [6.07, 6.45) is 0. The first kappa shape index (κ1) is 15.8. The van der Waals surface area contributed by atoms with E-state index in [0.717, 1.165) is 4.88 Å². The molecule has 7 heteroatoms. The zero-order valence-corrected chi connectivity index (χ0v) is 13.2. The molecule has 0 bridgehead atoms. The number of benzene rings is 1. The zero-order valence-electron chi connectivity index (χ0n) is 12.4. The number of hydrogen-bond donors (Lipinski definition) is 2. The summed E-state index contributed by atoms with van der Waals surface area (Å²) in [5.41, 5.74) is 5.06. The van der Waals surface area contributed by atoms with Crippen LogP contribution in [0.1, 0.15) is 24.9 Å². The number of thiophene rings is 1. The smallest absolute Gasteiger partial charge is 0.279 e. The lowest BCUT2D eigenvalue weighted by atomic mass is 10.2. The quantitative estimate of drug-likeness (QED) is 0.846. The first-order valence-corrected chi connectivity index (χ1v) is 7.25. The molecule has 22 heavy (non-hydrogen) atoms. The van der Waals surface area contributed by atoms with Crippen LogP contribution in [0.2, 0.25) is 0 Å². The fourth-order valence-electron chi connectivity index (χ4n) is 1.74. The van der Waals surface area contributed by atoms with Crippen LogP contribution in [-0.4, -0.2) is 26.0 Å². The molecule has 2 aromatic rings. The number of aryl methyl sites for hydroxylation is 1. The van der Waals surface area contributed by atoms with Crippen LogP contribution in [0, 0.1) is 6.92 Å². The minimum Gasteiger partial charge on any atom is -0.497 e. The van der Waals surface area contributed by atoms with E-state index in [1.54, 1.807) is 24.3 Å². The lowest BCUT2D eigenvalue weighted by Gasteiger charge is -2.09. The molecule has 0 saturated carbocycles. The largest absolute Gasteiger partial charge is 0.497 e. The fourth-order valence-corrected chi connectivity index (χ4v) is 2.51. The molecule has 2 N–H and O–H groups in total. The highest BCUT2D eigenvalue weighted by atomic mass is 32.1. The van der Waals surface area contributed by atoms with E-state index in [1.165, 1.54) is 25.6 Å². The Balaban J connectivity index is 2.04. The summed E-state index contributed by atoms with van der Waals surface area (Å²) in [4.78, 5) is 25.5. The highest BCUT2D eigenvalue weighted by Gasteiger charge is 2.12. The second-order valence-corrected chi connectivity index (χ2v) is 5.71. The minimum absolute atomic E-state index is 0.318. The Hall–Kier alpha value is -2.54. The number of nitrogens with one attached hydrogen (secondary N) is 2. The van der Waals surface area contributed by atoms with Crippen molar-refractivity contribution in [2.45, 2.75) is 6.92 Å². The van der Waals surface area contributed by atoms with Crippen LogP contribution in [0.4, 0.5) is 0 Å². The molecular formula is C15H16N2O4S. The number of ether oxygens (including phenoxy) is 2. The average molecular weight is 320 g/mol. The Morgan fingerprint density at radius 1 is 0.955 bits per heavy atom. The van der Waals surface area contributed by atoms with E-state index in [-0.39, 0.29) is 5.91 Å². The Morgan fingerprint density at radius 2 is 1.55 bits per heavy atom.